The van der Waals surface area contributed by atoms with Crippen molar-refractivity contribution in [2.75, 3.05) is 11.9 Å². The van der Waals surface area contributed by atoms with Crippen molar-refractivity contribution in [3.8, 4) is 0 Å². The van der Waals surface area contributed by atoms with Crippen LogP contribution in [0.2, 0.25) is 0 Å². The van der Waals surface area contributed by atoms with Crippen molar-refractivity contribution in [2.24, 2.45) is 0 Å². The minimum atomic E-state index is -0.474. The summed E-state index contributed by atoms with van der Waals surface area (Å²) in [6.45, 7) is 2.72. The molecule has 0 saturated heterocycles. The van der Waals surface area contributed by atoms with Crippen LogP contribution in [0.25, 0.3) is 0 Å². The first-order chi connectivity index (χ1) is 9.20. The number of anilines is 1. The zero-order valence-corrected chi connectivity index (χ0v) is 11.3. The minimum absolute atomic E-state index is 0.474. The topological polar surface area (TPSA) is 49.2 Å². The van der Waals surface area contributed by atoms with Crippen LogP contribution in [0.3, 0.4) is 0 Å². The number of hydrogen-bond acceptors (Lipinski definition) is 4. The molecule has 0 aliphatic carbocycles. The van der Waals surface area contributed by atoms with Crippen molar-refractivity contribution < 1.29 is 5.11 Å². The van der Waals surface area contributed by atoms with Gasteiger partial charge in [-0.25, -0.2) is 0 Å². The lowest BCUT2D eigenvalue weighted by Gasteiger charge is -2.19. The monoisotopic (exact) mass is 257 g/mol. The third kappa shape index (κ3) is 3.51. The molecule has 0 amide bonds. The van der Waals surface area contributed by atoms with Crippen LogP contribution in [-0.4, -0.2) is 22.1 Å². The maximum absolute atomic E-state index is 9.71. The molecular weight excluding hydrogens is 238 g/mol. The van der Waals surface area contributed by atoms with Crippen molar-refractivity contribution in [2.45, 2.75) is 26.0 Å². The summed E-state index contributed by atoms with van der Waals surface area (Å²) in [6.07, 6.45) is 5.63. The molecule has 0 bridgehead atoms. The van der Waals surface area contributed by atoms with E-state index in [4.69, 9.17) is 0 Å². The van der Waals surface area contributed by atoms with E-state index in [0.717, 1.165) is 23.5 Å². The Hall–Kier alpha value is -1.94. The molecule has 0 spiro atoms. The van der Waals surface area contributed by atoms with Gasteiger partial charge in [0.15, 0.2) is 0 Å². The number of hydrogen-bond donors (Lipinski definition) is 1. The van der Waals surface area contributed by atoms with E-state index in [1.54, 1.807) is 12.4 Å². The fourth-order valence-electron chi connectivity index (χ4n) is 1.89. The molecular formula is C15H19N3O. The molecule has 0 aromatic carbocycles. The zero-order valence-electron chi connectivity index (χ0n) is 11.3. The van der Waals surface area contributed by atoms with E-state index in [1.807, 2.05) is 44.4 Å². The van der Waals surface area contributed by atoms with Crippen molar-refractivity contribution >= 4 is 5.69 Å². The largest absolute Gasteiger partial charge is 0.387 e. The SMILES string of the molecule is CC[C@H](O)c1ccc(N(C)Cc2cccnc2)cn1. The minimum Gasteiger partial charge on any atom is -0.387 e. The lowest BCUT2D eigenvalue weighted by molar-refractivity contribution is 0.169. The molecule has 4 heteroatoms. The van der Waals surface area contributed by atoms with Gasteiger partial charge in [0.05, 0.1) is 23.7 Å². The van der Waals surface area contributed by atoms with Crippen molar-refractivity contribution in [1.29, 1.82) is 0 Å². The Bertz CT molecular complexity index is 499. The van der Waals surface area contributed by atoms with Crippen LogP contribution in [0, 0.1) is 0 Å². The Kier molecular flexibility index (Phi) is 4.47. The van der Waals surface area contributed by atoms with Gasteiger partial charge in [-0.15, -0.1) is 0 Å². The van der Waals surface area contributed by atoms with Gasteiger partial charge in [0.2, 0.25) is 0 Å². The molecule has 2 aromatic heterocycles. The predicted molar refractivity (Wildman–Crippen MR) is 75.8 cm³/mol. The number of aliphatic hydroxyl groups is 1. The molecule has 0 fully saturated rings. The first-order valence-electron chi connectivity index (χ1n) is 6.44. The van der Waals surface area contributed by atoms with E-state index in [1.165, 1.54) is 0 Å². The van der Waals surface area contributed by atoms with Crippen LogP contribution in [0.4, 0.5) is 5.69 Å². The quantitative estimate of drug-likeness (QED) is 0.894. The summed E-state index contributed by atoms with van der Waals surface area (Å²) in [5, 5.41) is 9.71. The third-order valence-corrected chi connectivity index (χ3v) is 3.08. The van der Waals surface area contributed by atoms with Gasteiger partial charge in [-0.1, -0.05) is 13.0 Å². The molecule has 0 aliphatic rings. The van der Waals surface area contributed by atoms with Gasteiger partial charge in [-0.05, 0) is 30.2 Å². The van der Waals surface area contributed by atoms with Gasteiger partial charge in [-0.3, -0.25) is 9.97 Å². The van der Waals surface area contributed by atoms with E-state index >= 15 is 0 Å². The average Bonchev–Trinajstić information content (AvgIpc) is 2.47. The van der Waals surface area contributed by atoms with Crippen LogP contribution in [-0.2, 0) is 6.54 Å². The Labute approximate surface area is 113 Å². The number of aliphatic hydroxyl groups excluding tert-OH is 1. The Morgan fingerprint density at radius 3 is 2.68 bits per heavy atom. The lowest BCUT2D eigenvalue weighted by Crippen LogP contribution is -2.16. The molecule has 0 saturated carbocycles. The number of nitrogens with zero attached hydrogens (tertiary/aromatic N) is 3. The molecule has 1 atom stereocenters. The van der Waals surface area contributed by atoms with Gasteiger partial charge in [0.1, 0.15) is 0 Å². The average molecular weight is 257 g/mol. The zero-order chi connectivity index (χ0) is 13.7. The normalized spacial score (nSPS) is 12.2. The third-order valence-electron chi connectivity index (χ3n) is 3.08. The fraction of sp³-hybridized carbons (Fsp3) is 0.333. The standard InChI is InChI=1S/C15H19N3O/c1-3-15(19)14-7-6-13(10-17-14)18(2)11-12-5-4-8-16-9-12/h4-10,15,19H,3,11H2,1-2H3/t15-/m0/s1. The van der Waals surface area contributed by atoms with Crippen LogP contribution < -0.4 is 4.90 Å². The highest BCUT2D eigenvalue weighted by Crippen LogP contribution is 2.18. The number of aromatic nitrogens is 2. The van der Waals surface area contributed by atoms with Crippen LogP contribution in [0.15, 0.2) is 42.9 Å². The predicted octanol–water partition coefficient (Wildman–Crippen LogP) is 2.56. The molecule has 100 valence electrons. The molecule has 1 N–H and O–H groups in total. The Morgan fingerprint density at radius 1 is 1.26 bits per heavy atom. The smallest absolute Gasteiger partial charge is 0.0957 e. The van der Waals surface area contributed by atoms with Gasteiger partial charge in [0.25, 0.3) is 0 Å². The summed E-state index contributed by atoms with van der Waals surface area (Å²) in [4.78, 5) is 10.5. The molecule has 0 unspecified atom stereocenters. The van der Waals surface area contributed by atoms with Crippen LogP contribution in [0.5, 0.6) is 0 Å². The first kappa shape index (κ1) is 13.5. The van der Waals surface area contributed by atoms with E-state index in [2.05, 4.69) is 14.9 Å². The van der Waals surface area contributed by atoms with E-state index in [9.17, 15) is 5.11 Å². The van der Waals surface area contributed by atoms with Crippen LogP contribution in [0.1, 0.15) is 30.7 Å². The number of pyridine rings is 2. The van der Waals surface area contributed by atoms with Gasteiger partial charge in [0, 0.05) is 26.0 Å². The molecule has 2 heterocycles. The van der Waals surface area contributed by atoms with Gasteiger partial charge < -0.3 is 10.0 Å². The summed E-state index contributed by atoms with van der Waals surface area (Å²) < 4.78 is 0. The second-order valence-electron chi connectivity index (χ2n) is 4.58. The second-order valence-corrected chi connectivity index (χ2v) is 4.58. The Balaban J connectivity index is 2.05. The molecule has 19 heavy (non-hydrogen) atoms. The highest BCUT2D eigenvalue weighted by Gasteiger charge is 2.07. The first-order valence-corrected chi connectivity index (χ1v) is 6.44. The molecule has 2 rings (SSSR count). The Morgan fingerprint density at radius 2 is 2.11 bits per heavy atom. The van der Waals surface area contributed by atoms with Crippen molar-refractivity contribution in [1.82, 2.24) is 9.97 Å². The summed E-state index contributed by atoms with van der Waals surface area (Å²) in [5.74, 6) is 0. The summed E-state index contributed by atoms with van der Waals surface area (Å²) in [5.41, 5.74) is 2.90. The van der Waals surface area contributed by atoms with Crippen molar-refractivity contribution in [3.05, 3.63) is 54.1 Å². The van der Waals surface area contributed by atoms with Gasteiger partial charge >= 0.3 is 0 Å². The fourth-order valence-corrected chi connectivity index (χ4v) is 1.89. The maximum atomic E-state index is 9.71. The lowest BCUT2D eigenvalue weighted by atomic mass is 10.2. The summed E-state index contributed by atoms with van der Waals surface area (Å²) in [7, 11) is 2.01. The summed E-state index contributed by atoms with van der Waals surface area (Å²) in [6, 6.07) is 7.84. The van der Waals surface area contributed by atoms with Gasteiger partial charge in [-0.2, -0.15) is 0 Å². The number of rotatable bonds is 5. The second kappa shape index (κ2) is 6.29. The molecule has 2 aromatic rings. The van der Waals surface area contributed by atoms with Crippen molar-refractivity contribution in [3.63, 3.8) is 0 Å². The van der Waals surface area contributed by atoms with E-state index in [-0.39, 0.29) is 0 Å². The molecule has 0 aliphatic heterocycles. The summed E-state index contributed by atoms with van der Waals surface area (Å²) >= 11 is 0. The highest BCUT2D eigenvalue weighted by atomic mass is 16.3. The van der Waals surface area contributed by atoms with Crippen LogP contribution >= 0.6 is 0 Å². The highest BCUT2D eigenvalue weighted by molar-refractivity contribution is 5.44. The maximum Gasteiger partial charge on any atom is 0.0957 e. The van der Waals surface area contributed by atoms with E-state index < -0.39 is 6.10 Å². The molecule has 0 radical (unpaired) electrons. The van der Waals surface area contributed by atoms with E-state index in [0.29, 0.717) is 6.42 Å². The molecule has 4 nitrogen and oxygen atoms in total.